The third-order valence-electron chi connectivity index (χ3n) is 2.80. The van der Waals surface area contributed by atoms with Gasteiger partial charge in [-0.15, -0.1) is 6.58 Å². The van der Waals surface area contributed by atoms with E-state index in [1.807, 2.05) is 25.7 Å². The first-order chi connectivity index (χ1) is 6.88. The maximum Gasteiger partial charge on any atom is 0.240 e. The standard InChI is InChI=1S/C12H22N2O/c1-5-8-14(9-6-7-9)11(15)10(13)12(2,3)4/h5,9-10H,1,6-8,13H2,2-4H3. The van der Waals surface area contributed by atoms with Gasteiger partial charge in [0.15, 0.2) is 0 Å². The molecule has 1 aliphatic carbocycles. The molecule has 3 nitrogen and oxygen atoms in total. The second-order valence-electron chi connectivity index (χ2n) is 5.35. The van der Waals surface area contributed by atoms with Crippen LogP contribution in [0.4, 0.5) is 0 Å². The molecule has 0 radical (unpaired) electrons. The van der Waals surface area contributed by atoms with Gasteiger partial charge in [0.2, 0.25) is 5.91 Å². The summed E-state index contributed by atoms with van der Waals surface area (Å²) in [4.78, 5) is 14.0. The van der Waals surface area contributed by atoms with Gasteiger partial charge in [0.05, 0.1) is 6.04 Å². The van der Waals surface area contributed by atoms with E-state index in [2.05, 4.69) is 6.58 Å². The van der Waals surface area contributed by atoms with Crippen molar-refractivity contribution in [3.63, 3.8) is 0 Å². The first kappa shape index (κ1) is 12.2. The van der Waals surface area contributed by atoms with E-state index in [0.29, 0.717) is 12.6 Å². The highest BCUT2D eigenvalue weighted by atomic mass is 16.2. The Morgan fingerprint density at radius 1 is 1.60 bits per heavy atom. The number of hydrogen-bond donors (Lipinski definition) is 1. The molecule has 86 valence electrons. The number of rotatable bonds is 4. The summed E-state index contributed by atoms with van der Waals surface area (Å²) in [5.74, 6) is 0.0601. The monoisotopic (exact) mass is 210 g/mol. The van der Waals surface area contributed by atoms with Crippen LogP contribution in [-0.4, -0.2) is 29.4 Å². The van der Waals surface area contributed by atoms with Crippen molar-refractivity contribution in [2.45, 2.75) is 45.7 Å². The normalized spacial score (nSPS) is 18.4. The van der Waals surface area contributed by atoms with Crippen molar-refractivity contribution in [3.05, 3.63) is 12.7 Å². The highest BCUT2D eigenvalue weighted by Gasteiger charge is 2.37. The zero-order valence-electron chi connectivity index (χ0n) is 9.99. The fraction of sp³-hybridized carbons (Fsp3) is 0.750. The van der Waals surface area contributed by atoms with Crippen LogP contribution in [0, 0.1) is 5.41 Å². The summed E-state index contributed by atoms with van der Waals surface area (Å²) in [6.07, 6.45) is 3.98. The van der Waals surface area contributed by atoms with Crippen LogP contribution in [0.25, 0.3) is 0 Å². The van der Waals surface area contributed by atoms with Crippen LogP contribution in [0.5, 0.6) is 0 Å². The number of nitrogens with two attached hydrogens (primary N) is 1. The molecule has 0 aromatic carbocycles. The van der Waals surface area contributed by atoms with Gasteiger partial charge in [-0.2, -0.15) is 0 Å². The first-order valence-corrected chi connectivity index (χ1v) is 5.55. The van der Waals surface area contributed by atoms with Gasteiger partial charge in [-0.05, 0) is 18.3 Å². The van der Waals surface area contributed by atoms with Gasteiger partial charge >= 0.3 is 0 Å². The Labute approximate surface area is 92.3 Å². The van der Waals surface area contributed by atoms with Gasteiger partial charge in [0.1, 0.15) is 0 Å². The van der Waals surface area contributed by atoms with Gasteiger partial charge in [0.25, 0.3) is 0 Å². The summed E-state index contributed by atoms with van der Waals surface area (Å²) in [5.41, 5.74) is 5.79. The molecule has 0 heterocycles. The SMILES string of the molecule is C=CCN(C(=O)C(N)C(C)(C)C)C1CC1. The second-order valence-corrected chi connectivity index (χ2v) is 5.35. The topological polar surface area (TPSA) is 46.3 Å². The molecule has 0 aromatic rings. The van der Waals surface area contributed by atoms with Crippen molar-refractivity contribution in [2.24, 2.45) is 11.1 Å². The van der Waals surface area contributed by atoms with Gasteiger partial charge in [-0.25, -0.2) is 0 Å². The van der Waals surface area contributed by atoms with Gasteiger partial charge in [-0.3, -0.25) is 4.79 Å². The van der Waals surface area contributed by atoms with Crippen molar-refractivity contribution >= 4 is 5.91 Å². The molecule has 15 heavy (non-hydrogen) atoms. The quantitative estimate of drug-likeness (QED) is 0.715. The molecule has 1 saturated carbocycles. The van der Waals surface area contributed by atoms with Crippen molar-refractivity contribution in [1.82, 2.24) is 4.90 Å². The predicted octanol–water partition coefficient (Wildman–Crippen LogP) is 1.54. The van der Waals surface area contributed by atoms with E-state index in [1.165, 1.54) is 0 Å². The Morgan fingerprint density at radius 3 is 2.47 bits per heavy atom. The largest absolute Gasteiger partial charge is 0.335 e. The molecule has 1 fully saturated rings. The second kappa shape index (κ2) is 4.35. The molecule has 0 saturated heterocycles. The zero-order chi connectivity index (χ0) is 11.6. The highest BCUT2D eigenvalue weighted by Crippen LogP contribution is 2.29. The lowest BCUT2D eigenvalue weighted by molar-refractivity contribution is -0.135. The van der Waals surface area contributed by atoms with Gasteiger partial charge in [-0.1, -0.05) is 26.8 Å². The highest BCUT2D eigenvalue weighted by molar-refractivity contribution is 5.83. The number of carbonyl (C=O) groups is 1. The summed E-state index contributed by atoms with van der Waals surface area (Å²) in [7, 11) is 0. The lowest BCUT2D eigenvalue weighted by Gasteiger charge is -2.31. The molecule has 3 heteroatoms. The molecular formula is C12H22N2O. The van der Waals surface area contributed by atoms with E-state index < -0.39 is 6.04 Å². The molecule has 0 bridgehead atoms. The summed E-state index contributed by atoms with van der Waals surface area (Å²) >= 11 is 0. The predicted molar refractivity (Wildman–Crippen MR) is 62.4 cm³/mol. The lowest BCUT2D eigenvalue weighted by Crippen LogP contribution is -2.51. The van der Waals surface area contributed by atoms with E-state index in [-0.39, 0.29) is 11.3 Å². The minimum Gasteiger partial charge on any atom is -0.335 e. The Balaban J connectivity index is 2.66. The molecule has 1 atom stereocenters. The van der Waals surface area contributed by atoms with E-state index >= 15 is 0 Å². The molecule has 2 N–H and O–H groups in total. The first-order valence-electron chi connectivity index (χ1n) is 5.55. The van der Waals surface area contributed by atoms with Crippen LogP contribution in [0.15, 0.2) is 12.7 Å². The molecule has 1 amide bonds. The van der Waals surface area contributed by atoms with E-state index in [1.54, 1.807) is 6.08 Å². The molecular weight excluding hydrogens is 188 g/mol. The molecule has 0 aromatic heterocycles. The summed E-state index contributed by atoms with van der Waals surface area (Å²) < 4.78 is 0. The molecule has 0 spiro atoms. The van der Waals surface area contributed by atoms with Crippen LogP contribution < -0.4 is 5.73 Å². The number of nitrogens with zero attached hydrogens (tertiary/aromatic N) is 1. The number of amides is 1. The smallest absolute Gasteiger partial charge is 0.240 e. The summed E-state index contributed by atoms with van der Waals surface area (Å²) in [5, 5.41) is 0. The van der Waals surface area contributed by atoms with Crippen LogP contribution >= 0.6 is 0 Å². The Morgan fingerprint density at radius 2 is 2.13 bits per heavy atom. The molecule has 0 aliphatic heterocycles. The number of hydrogen-bond acceptors (Lipinski definition) is 2. The average molecular weight is 210 g/mol. The van der Waals surface area contributed by atoms with Crippen LogP contribution in [0.2, 0.25) is 0 Å². The maximum atomic E-state index is 12.1. The van der Waals surface area contributed by atoms with Gasteiger partial charge < -0.3 is 10.6 Å². The van der Waals surface area contributed by atoms with Crippen LogP contribution in [-0.2, 0) is 4.79 Å². The van der Waals surface area contributed by atoms with E-state index in [9.17, 15) is 4.79 Å². The lowest BCUT2D eigenvalue weighted by atomic mass is 9.86. The Kier molecular flexibility index (Phi) is 3.55. The average Bonchev–Trinajstić information content (AvgIpc) is 2.93. The van der Waals surface area contributed by atoms with Crippen molar-refractivity contribution in [1.29, 1.82) is 0 Å². The Hall–Kier alpha value is -0.830. The third-order valence-corrected chi connectivity index (χ3v) is 2.80. The molecule has 1 rings (SSSR count). The summed E-state index contributed by atoms with van der Waals surface area (Å²) in [6.45, 7) is 10.3. The van der Waals surface area contributed by atoms with E-state index in [4.69, 9.17) is 5.73 Å². The third kappa shape index (κ3) is 3.06. The fourth-order valence-corrected chi connectivity index (χ4v) is 1.49. The summed E-state index contributed by atoms with van der Waals surface area (Å²) in [6, 6.07) is -0.0121. The van der Waals surface area contributed by atoms with Crippen LogP contribution in [0.1, 0.15) is 33.6 Å². The number of carbonyl (C=O) groups excluding carboxylic acids is 1. The zero-order valence-corrected chi connectivity index (χ0v) is 9.99. The van der Waals surface area contributed by atoms with Crippen molar-refractivity contribution in [3.8, 4) is 0 Å². The fourth-order valence-electron chi connectivity index (χ4n) is 1.49. The van der Waals surface area contributed by atoms with Crippen molar-refractivity contribution in [2.75, 3.05) is 6.54 Å². The van der Waals surface area contributed by atoms with Crippen LogP contribution in [0.3, 0.4) is 0 Å². The van der Waals surface area contributed by atoms with E-state index in [0.717, 1.165) is 12.8 Å². The maximum absolute atomic E-state index is 12.1. The van der Waals surface area contributed by atoms with Crippen molar-refractivity contribution < 1.29 is 4.79 Å². The minimum absolute atomic E-state index is 0.0601. The Bertz CT molecular complexity index is 251. The minimum atomic E-state index is -0.418. The molecule has 1 unspecified atom stereocenters. The molecule has 1 aliphatic rings. The van der Waals surface area contributed by atoms with Gasteiger partial charge in [0, 0.05) is 12.6 Å².